The number of halogens is 1. The van der Waals surface area contributed by atoms with E-state index < -0.39 is 0 Å². The Bertz CT molecular complexity index is 341. The molecule has 0 heterocycles. The standard InChI is InChI=1S/C9H10BrNO3/c10-7-5-6(1-2-8(7)13)9(14)11-3-4-12/h1-2,5,12-13H,3-4H2,(H,11,14). The number of amides is 1. The third kappa shape index (κ3) is 2.71. The lowest BCUT2D eigenvalue weighted by molar-refractivity contribution is 0.0944. The number of hydrogen-bond donors (Lipinski definition) is 3. The van der Waals surface area contributed by atoms with Gasteiger partial charge in [0.15, 0.2) is 0 Å². The van der Waals surface area contributed by atoms with Crippen LogP contribution in [0.25, 0.3) is 0 Å². The Labute approximate surface area is 89.7 Å². The van der Waals surface area contributed by atoms with E-state index in [9.17, 15) is 9.90 Å². The van der Waals surface area contributed by atoms with Gasteiger partial charge in [-0.1, -0.05) is 0 Å². The molecule has 0 fully saturated rings. The van der Waals surface area contributed by atoms with Gasteiger partial charge in [0.05, 0.1) is 11.1 Å². The summed E-state index contributed by atoms with van der Waals surface area (Å²) in [6.45, 7) is 0.127. The van der Waals surface area contributed by atoms with Crippen molar-refractivity contribution in [1.82, 2.24) is 5.32 Å². The summed E-state index contributed by atoms with van der Waals surface area (Å²) in [6, 6.07) is 4.45. The summed E-state index contributed by atoms with van der Waals surface area (Å²) >= 11 is 3.10. The van der Waals surface area contributed by atoms with Crippen molar-refractivity contribution in [3.05, 3.63) is 28.2 Å². The molecule has 0 spiro atoms. The van der Waals surface area contributed by atoms with Gasteiger partial charge in [-0.15, -0.1) is 0 Å². The highest BCUT2D eigenvalue weighted by Gasteiger charge is 2.06. The summed E-state index contributed by atoms with van der Waals surface area (Å²) in [5, 5.41) is 20.2. The van der Waals surface area contributed by atoms with Gasteiger partial charge >= 0.3 is 0 Å². The second-order valence-electron chi connectivity index (χ2n) is 2.65. The highest BCUT2D eigenvalue weighted by Crippen LogP contribution is 2.24. The molecule has 0 aliphatic rings. The Morgan fingerprint density at radius 2 is 2.21 bits per heavy atom. The molecule has 0 unspecified atom stereocenters. The normalized spacial score (nSPS) is 9.86. The highest BCUT2D eigenvalue weighted by molar-refractivity contribution is 9.10. The number of nitrogens with one attached hydrogen (secondary N) is 1. The third-order valence-electron chi connectivity index (χ3n) is 1.61. The van der Waals surface area contributed by atoms with E-state index >= 15 is 0 Å². The van der Waals surface area contributed by atoms with E-state index in [0.717, 1.165) is 0 Å². The maximum atomic E-state index is 11.3. The number of aromatic hydroxyl groups is 1. The predicted molar refractivity (Wildman–Crippen MR) is 55.2 cm³/mol. The van der Waals surface area contributed by atoms with Crippen LogP contribution < -0.4 is 5.32 Å². The Hall–Kier alpha value is -1.07. The maximum Gasteiger partial charge on any atom is 0.251 e. The number of phenols is 1. The number of rotatable bonds is 3. The van der Waals surface area contributed by atoms with Crippen LogP contribution >= 0.6 is 15.9 Å². The number of carbonyl (C=O) groups is 1. The molecular formula is C9H10BrNO3. The molecule has 0 aliphatic carbocycles. The fourth-order valence-electron chi connectivity index (χ4n) is 0.920. The zero-order valence-corrected chi connectivity index (χ0v) is 8.91. The molecule has 0 bridgehead atoms. The van der Waals surface area contributed by atoms with Crippen LogP contribution in [-0.4, -0.2) is 29.3 Å². The summed E-state index contributed by atoms with van der Waals surface area (Å²) in [4.78, 5) is 11.3. The lowest BCUT2D eigenvalue weighted by Gasteiger charge is -2.04. The van der Waals surface area contributed by atoms with Crippen molar-refractivity contribution in [3.63, 3.8) is 0 Å². The minimum atomic E-state index is -0.278. The van der Waals surface area contributed by atoms with Crippen molar-refractivity contribution >= 4 is 21.8 Å². The molecule has 5 heteroatoms. The number of hydrogen-bond acceptors (Lipinski definition) is 3. The monoisotopic (exact) mass is 259 g/mol. The molecule has 1 rings (SSSR count). The SMILES string of the molecule is O=C(NCCO)c1ccc(O)c(Br)c1. The first kappa shape index (κ1) is 11.0. The topological polar surface area (TPSA) is 69.6 Å². The minimum absolute atomic E-state index is 0.0868. The predicted octanol–water partition coefficient (Wildman–Crippen LogP) is 0.877. The van der Waals surface area contributed by atoms with E-state index in [1.54, 1.807) is 0 Å². The first-order valence-corrected chi connectivity index (χ1v) is 4.82. The summed E-state index contributed by atoms with van der Waals surface area (Å²) in [5.41, 5.74) is 0.433. The summed E-state index contributed by atoms with van der Waals surface area (Å²) in [5.74, 6) is -0.191. The molecule has 0 radical (unpaired) electrons. The zero-order chi connectivity index (χ0) is 10.6. The van der Waals surface area contributed by atoms with Crippen LogP contribution in [0.1, 0.15) is 10.4 Å². The molecule has 1 amide bonds. The molecule has 14 heavy (non-hydrogen) atoms. The van der Waals surface area contributed by atoms with Crippen LogP contribution in [0.3, 0.4) is 0 Å². The van der Waals surface area contributed by atoms with E-state index in [1.807, 2.05) is 0 Å². The van der Waals surface area contributed by atoms with Crippen LogP contribution in [0.2, 0.25) is 0 Å². The van der Waals surface area contributed by atoms with Crippen molar-refractivity contribution in [3.8, 4) is 5.75 Å². The van der Waals surface area contributed by atoms with E-state index in [-0.39, 0.29) is 24.8 Å². The molecule has 4 nitrogen and oxygen atoms in total. The van der Waals surface area contributed by atoms with E-state index in [2.05, 4.69) is 21.2 Å². The first-order chi connectivity index (χ1) is 6.65. The zero-order valence-electron chi connectivity index (χ0n) is 7.33. The maximum absolute atomic E-state index is 11.3. The van der Waals surface area contributed by atoms with Crippen LogP contribution in [0, 0.1) is 0 Å². The average Bonchev–Trinajstić information content (AvgIpc) is 2.18. The van der Waals surface area contributed by atoms with Crippen LogP contribution in [0.15, 0.2) is 22.7 Å². The van der Waals surface area contributed by atoms with Crippen molar-refractivity contribution in [1.29, 1.82) is 0 Å². The van der Waals surface area contributed by atoms with Crippen LogP contribution in [-0.2, 0) is 0 Å². The Balaban J connectivity index is 2.76. The Kier molecular flexibility index (Phi) is 3.91. The molecule has 0 saturated heterocycles. The van der Waals surface area contributed by atoms with Gasteiger partial charge in [0.1, 0.15) is 5.75 Å². The van der Waals surface area contributed by atoms with E-state index in [4.69, 9.17) is 5.11 Å². The van der Waals surface area contributed by atoms with Gasteiger partial charge in [-0.3, -0.25) is 4.79 Å². The second kappa shape index (κ2) is 4.97. The summed E-state index contributed by atoms with van der Waals surface area (Å²) in [6.07, 6.45) is 0. The summed E-state index contributed by atoms with van der Waals surface area (Å²) < 4.78 is 0.467. The molecular weight excluding hydrogens is 250 g/mol. The molecule has 0 saturated carbocycles. The van der Waals surface area contributed by atoms with Gasteiger partial charge in [0.25, 0.3) is 5.91 Å². The molecule has 1 aromatic carbocycles. The lowest BCUT2D eigenvalue weighted by Crippen LogP contribution is -2.26. The molecule has 0 aromatic heterocycles. The smallest absolute Gasteiger partial charge is 0.251 e. The van der Waals surface area contributed by atoms with Crippen molar-refractivity contribution in [2.45, 2.75) is 0 Å². The summed E-state index contributed by atoms with van der Waals surface area (Å²) in [7, 11) is 0. The number of aliphatic hydroxyl groups excluding tert-OH is 1. The quantitative estimate of drug-likeness (QED) is 0.755. The second-order valence-corrected chi connectivity index (χ2v) is 3.50. The van der Waals surface area contributed by atoms with Crippen molar-refractivity contribution in [2.24, 2.45) is 0 Å². The molecule has 3 N–H and O–H groups in total. The fourth-order valence-corrected chi connectivity index (χ4v) is 1.30. The van der Waals surface area contributed by atoms with Crippen LogP contribution in [0.5, 0.6) is 5.75 Å². The van der Waals surface area contributed by atoms with Gasteiger partial charge in [-0.25, -0.2) is 0 Å². The van der Waals surface area contributed by atoms with Gasteiger partial charge in [0, 0.05) is 12.1 Å². The van der Waals surface area contributed by atoms with Crippen molar-refractivity contribution < 1.29 is 15.0 Å². The third-order valence-corrected chi connectivity index (χ3v) is 2.24. The molecule has 1 aromatic rings. The highest BCUT2D eigenvalue weighted by atomic mass is 79.9. The minimum Gasteiger partial charge on any atom is -0.507 e. The van der Waals surface area contributed by atoms with Gasteiger partial charge < -0.3 is 15.5 Å². The van der Waals surface area contributed by atoms with Gasteiger partial charge in [0.2, 0.25) is 0 Å². The number of aliphatic hydroxyl groups is 1. The van der Waals surface area contributed by atoms with Crippen molar-refractivity contribution in [2.75, 3.05) is 13.2 Å². The van der Waals surface area contributed by atoms with Crippen LogP contribution in [0.4, 0.5) is 0 Å². The first-order valence-electron chi connectivity index (χ1n) is 4.02. The molecule has 0 aliphatic heterocycles. The Morgan fingerprint density at radius 3 is 2.79 bits per heavy atom. The van der Waals surface area contributed by atoms with Gasteiger partial charge in [-0.05, 0) is 34.1 Å². The largest absolute Gasteiger partial charge is 0.507 e. The van der Waals surface area contributed by atoms with Gasteiger partial charge in [-0.2, -0.15) is 0 Å². The van der Waals surface area contributed by atoms with E-state index in [1.165, 1.54) is 18.2 Å². The number of phenolic OH excluding ortho intramolecular Hbond substituents is 1. The molecule has 76 valence electrons. The Morgan fingerprint density at radius 1 is 1.50 bits per heavy atom. The average molecular weight is 260 g/mol. The molecule has 0 atom stereocenters. The van der Waals surface area contributed by atoms with E-state index in [0.29, 0.717) is 10.0 Å². The lowest BCUT2D eigenvalue weighted by atomic mass is 10.2. The number of benzene rings is 1. The number of carbonyl (C=O) groups excluding carboxylic acids is 1. The fraction of sp³-hybridized carbons (Fsp3) is 0.222.